The topological polar surface area (TPSA) is 49.3 Å². The van der Waals surface area contributed by atoms with Crippen molar-refractivity contribution in [2.75, 3.05) is 0 Å². The molecule has 0 radical (unpaired) electrons. The lowest BCUT2D eigenvalue weighted by atomic mass is 9.94. The van der Waals surface area contributed by atoms with Gasteiger partial charge in [0.15, 0.2) is 0 Å². The molecule has 0 aliphatic heterocycles. The van der Waals surface area contributed by atoms with E-state index in [4.69, 9.17) is 0 Å². The van der Waals surface area contributed by atoms with E-state index in [1.54, 1.807) is 12.1 Å². The normalized spacial score (nSPS) is 18.2. The van der Waals surface area contributed by atoms with Crippen LogP contribution in [0, 0.1) is 5.82 Å². The number of carbonyl (C=O) groups is 1. The molecule has 19 heavy (non-hydrogen) atoms. The Morgan fingerprint density at radius 2 is 2.05 bits per heavy atom. The number of hydrogen-bond acceptors (Lipinski definition) is 2. The molecule has 1 fully saturated rings. The number of hydrogen-bond donors (Lipinski definition) is 2. The van der Waals surface area contributed by atoms with Crippen molar-refractivity contribution in [1.82, 2.24) is 5.32 Å². The van der Waals surface area contributed by atoms with Crippen molar-refractivity contribution >= 4 is 21.9 Å². The van der Waals surface area contributed by atoms with Gasteiger partial charge in [-0.25, -0.2) is 4.39 Å². The third kappa shape index (κ3) is 3.76. The molecule has 104 valence electrons. The number of carboxylic acid groups (broad SMARTS) is 1. The van der Waals surface area contributed by atoms with Crippen LogP contribution < -0.4 is 5.32 Å². The zero-order valence-corrected chi connectivity index (χ0v) is 12.1. The van der Waals surface area contributed by atoms with Gasteiger partial charge in [0.25, 0.3) is 0 Å². The van der Waals surface area contributed by atoms with Crippen molar-refractivity contribution in [3.63, 3.8) is 0 Å². The number of halogens is 2. The highest BCUT2D eigenvalue weighted by Gasteiger charge is 2.25. The molecule has 0 bridgehead atoms. The number of rotatable bonds is 4. The van der Waals surface area contributed by atoms with E-state index in [1.807, 2.05) is 0 Å². The molecule has 0 aromatic heterocycles. The number of aliphatic carboxylic acids is 1. The standard InChI is InChI=1S/C14H17BrFNO2/c15-11-7-6-9(8-12(11)16)13(14(18)19)17-10-4-2-1-3-5-10/h6-8,10,13,17H,1-5H2,(H,18,19). The van der Waals surface area contributed by atoms with E-state index < -0.39 is 17.8 Å². The first kappa shape index (κ1) is 14.5. The van der Waals surface area contributed by atoms with Gasteiger partial charge in [-0.15, -0.1) is 0 Å². The smallest absolute Gasteiger partial charge is 0.325 e. The van der Waals surface area contributed by atoms with Gasteiger partial charge in [0.05, 0.1) is 4.47 Å². The minimum atomic E-state index is -0.965. The van der Waals surface area contributed by atoms with Crippen LogP contribution in [-0.2, 0) is 4.79 Å². The van der Waals surface area contributed by atoms with Gasteiger partial charge in [-0.2, -0.15) is 0 Å². The van der Waals surface area contributed by atoms with E-state index in [0.717, 1.165) is 25.7 Å². The van der Waals surface area contributed by atoms with Gasteiger partial charge in [-0.1, -0.05) is 25.3 Å². The Balaban J connectivity index is 2.14. The van der Waals surface area contributed by atoms with Gasteiger partial charge in [-0.05, 0) is 46.5 Å². The fourth-order valence-corrected chi connectivity index (χ4v) is 2.75. The summed E-state index contributed by atoms with van der Waals surface area (Å²) in [6, 6.07) is 3.83. The molecule has 0 amide bonds. The lowest BCUT2D eigenvalue weighted by molar-refractivity contribution is -0.140. The van der Waals surface area contributed by atoms with Gasteiger partial charge in [0, 0.05) is 6.04 Å². The van der Waals surface area contributed by atoms with Crippen LogP contribution in [0.4, 0.5) is 4.39 Å². The number of nitrogens with one attached hydrogen (secondary N) is 1. The number of carboxylic acids is 1. The summed E-state index contributed by atoms with van der Waals surface area (Å²) in [4.78, 5) is 11.4. The third-order valence-corrected chi connectivity index (χ3v) is 4.17. The molecule has 0 spiro atoms. The average Bonchev–Trinajstić information content (AvgIpc) is 2.40. The van der Waals surface area contributed by atoms with Gasteiger partial charge >= 0.3 is 5.97 Å². The molecule has 2 rings (SSSR count). The first-order chi connectivity index (χ1) is 9.08. The molecule has 2 N–H and O–H groups in total. The minimum absolute atomic E-state index is 0.210. The molecular formula is C14H17BrFNO2. The largest absolute Gasteiger partial charge is 0.480 e. The summed E-state index contributed by atoms with van der Waals surface area (Å²) in [5.74, 6) is -1.40. The lowest BCUT2D eigenvalue weighted by Gasteiger charge is -2.26. The summed E-state index contributed by atoms with van der Waals surface area (Å²) in [7, 11) is 0. The molecular weight excluding hydrogens is 313 g/mol. The molecule has 1 aromatic carbocycles. The van der Waals surface area contributed by atoms with Crippen molar-refractivity contribution < 1.29 is 14.3 Å². The van der Waals surface area contributed by atoms with Crippen LogP contribution in [0.5, 0.6) is 0 Å². The van der Waals surface area contributed by atoms with E-state index in [-0.39, 0.29) is 6.04 Å². The minimum Gasteiger partial charge on any atom is -0.480 e. The molecule has 5 heteroatoms. The Bertz CT molecular complexity index is 461. The van der Waals surface area contributed by atoms with Gasteiger partial charge < -0.3 is 5.11 Å². The maximum absolute atomic E-state index is 13.5. The first-order valence-corrected chi connectivity index (χ1v) is 7.31. The van der Waals surface area contributed by atoms with E-state index >= 15 is 0 Å². The molecule has 3 nitrogen and oxygen atoms in total. The molecule has 0 heterocycles. The van der Waals surface area contributed by atoms with Crippen molar-refractivity contribution in [1.29, 1.82) is 0 Å². The highest BCUT2D eigenvalue weighted by molar-refractivity contribution is 9.10. The summed E-state index contributed by atoms with van der Waals surface area (Å²) in [5, 5.41) is 12.5. The van der Waals surface area contributed by atoms with E-state index in [0.29, 0.717) is 10.0 Å². The van der Waals surface area contributed by atoms with E-state index in [9.17, 15) is 14.3 Å². The SMILES string of the molecule is O=C(O)C(NC1CCCCC1)c1ccc(Br)c(F)c1. The molecule has 1 unspecified atom stereocenters. The highest BCUT2D eigenvalue weighted by atomic mass is 79.9. The zero-order chi connectivity index (χ0) is 13.8. The summed E-state index contributed by atoms with van der Waals surface area (Å²) in [6.07, 6.45) is 5.44. The van der Waals surface area contributed by atoms with Crippen LogP contribution in [0.2, 0.25) is 0 Å². The summed E-state index contributed by atoms with van der Waals surface area (Å²) >= 11 is 3.07. The third-order valence-electron chi connectivity index (χ3n) is 3.53. The fourth-order valence-electron chi connectivity index (χ4n) is 2.51. The average molecular weight is 330 g/mol. The molecule has 1 aromatic rings. The summed E-state index contributed by atoms with van der Waals surface area (Å²) in [5.41, 5.74) is 0.457. The molecule has 1 aliphatic carbocycles. The van der Waals surface area contributed by atoms with E-state index in [2.05, 4.69) is 21.2 Å². The van der Waals surface area contributed by atoms with Crippen LogP contribution in [0.3, 0.4) is 0 Å². The van der Waals surface area contributed by atoms with Crippen LogP contribution in [0.25, 0.3) is 0 Å². The predicted molar refractivity (Wildman–Crippen MR) is 74.5 cm³/mol. The second-order valence-electron chi connectivity index (χ2n) is 4.95. The van der Waals surface area contributed by atoms with Crippen LogP contribution >= 0.6 is 15.9 Å². The Morgan fingerprint density at radius 3 is 2.63 bits per heavy atom. The Labute approximate surface area is 120 Å². The second kappa shape index (κ2) is 6.48. The summed E-state index contributed by atoms with van der Waals surface area (Å²) < 4.78 is 13.9. The Kier molecular flexibility index (Phi) is 4.93. The Morgan fingerprint density at radius 1 is 1.37 bits per heavy atom. The van der Waals surface area contributed by atoms with Crippen molar-refractivity contribution in [2.45, 2.75) is 44.2 Å². The van der Waals surface area contributed by atoms with Crippen LogP contribution in [0.15, 0.2) is 22.7 Å². The van der Waals surface area contributed by atoms with E-state index in [1.165, 1.54) is 12.5 Å². The zero-order valence-electron chi connectivity index (χ0n) is 10.5. The summed E-state index contributed by atoms with van der Waals surface area (Å²) in [6.45, 7) is 0. The molecule has 1 atom stereocenters. The van der Waals surface area contributed by atoms with Gasteiger partial charge in [0.2, 0.25) is 0 Å². The lowest BCUT2D eigenvalue weighted by Crippen LogP contribution is -2.38. The monoisotopic (exact) mass is 329 g/mol. The number of benzene rings is 1. The van der Waals surface area contributed by atoms with Gasteiger partial charge in [-0.3, -0.25) is 10.1 Å². The first-order valence-electron chi connectivity index (χ1n) is 6.51. The fraction of sp³-hybridized carbons (Fsp3) is 0.500. The molecule has 0 saturated heterocycles. The molecule has 1 saturated carbocycles. The maximum Gasteiger partial charge on any atom is 0.325 e. The Hall–Kier alpha value is -0.940. The maximum atomic E-state index is 13.5. The highest BCUT2D eigenvalue weighted by Crippen LogP contribution is 2.24. The van der Waals surface area contributed by atoms with Crippen LogP contribution in [-0.4, -0.2) is 17.1 Å². The second-order valence-corrected chi connectivity index (χ2v) is 5.80. The quantitative estimate of drug-likeness (QED) is 0.886. The van der Waals surface area contributed by atoms with Crippen molar-refractivity contribution in [3.8, 4) is 0 Å². The van der Waals surface area contributed by atoms with Crippen molar-refractivity contribution in [2.24, 2.45) is 0 Å². The van der Waals surface area contributed by atoms with Crippen molar-refractivity contribution in [3.05, 3.63) is 34.1 Å². The van der Waals surface area contributed by atoms with Gasteiger partial charge in [0.1, 0.15) is 11.9 Å². The predicted octanol–water partition coefficient (Wildman–Crippen LogP) is 3.64. The van der Waals surface area contributed by atoms with Crippen LogP contribution in [0.1, 0.15) is 43.7 Å². The molecule has 1 aliphatic rings.